The Hall–Kier alpha value is -2.26. The summed E-state index contributed by atoms with van der Waals surface area (Å²) in [6.07, 6.45) is -0.167. The van der Waals surface area contributed by atoms with Crippen molar-refractivity contribution in [3.8, 4) is 0 Å². The van der Waals surface area contributed by atoms with Crippen molar-refractivity contribution in [1.82, 2.24) is 4.90 Å². The van der Waals surface area contributed by atoms with Crippen LogP contribution >= 0.6 is 11.8 Å². The molecule has 8 nitrogen and oxygen atoms in total. The Morgan fingerprint density at radius 3 is 2.48 bits per heavy atom. The molecule has 1 amide bonds. The van der Waals surface area contributed by atoms with Crippen molar-refractivity contribution in [2.24, 2.45) is 5.73 Å². The lowest BCUT2D eigenvalue weighted by molar-refractivity contribution is -0.150. The lowest BCUT2D eigenvalue weighted by Gasteiger charge is -2.27. The lowest BCUT2D eigenvalue weighted by Crippen LogP contribution is -2.44. The molecule has 0 aliphatic carbocycles. The smallest absolute Gasteiger partial charge is 0.411 e. The molecule has 1 heterocycles. The zero-order valence-corrected chi connectivity index (χ0v) is 19.4. The number of likely N-dealkylation sites (tertiary alicyclic amines) is 1. The first-order valence-corrected chi connectivity index (χ1v) is 11.4. The quantitative estimate of drug-likeness (QED) is 0.474. The van der Waals surface area contributed by atoms with Gasteiger partial charge in [-0.05, 0) is 39.7 Å². The Bertz CT molecular complexity index is 752. The first-order valence-electron chi connectivity index (χ1n) is 10.3. The molecule has 0 aromatic heterocycles. The average molecular weight is 453 g/mol. The fourth-order valence-electron chi connectivity index (χ4n) is 3.05. The fourth-order valence-corrected chi connectivity index (χ4v) is 4.25. The highest BCUT2D eigenvalue weighted by atomic mass is 32.2. The van der Waals surface area contributed by atoms with Crippen molar-refractivity contribution in [3.63, 3.8) is 0 Å². The van der Waals surface area contributed by atoms with Crippen molar-refractivity contribution in [3.05, 3.63) is 35.9 Å². The van der Waals surface area contributed by atoms with Gasteiger partial charge in [0.2, 0.25) is 0 Å². The van der Waals surface area contributed by atoms with E-state index in [2.05, 4.69) is 0 Å². The second-order valence-corrected chi connectivity index (χ2v) is 9.62. The monoisotopic (exact) mass is 452 g/mol. The molecule has 31 heavy (non-hydrogen) atoms. The van der Waals surface area contributed by atoms with Crippen molar-refractivity contribution in [2.75, 3.05) is 18.9 Å². The van der Waals surface area contributed by atoms with Crippen LogP contribution < -0.4 is 5.73 Å². The van der Waals surface area contributed by atoms with Gasteiger partial charge in [-0.1, -0.05) is 30.3 Å². The van der Waals surface area contributed by atoms with Gasteiger partial charge in [-0.25, -0.2) is 9.59 Å². The largest absolute Gasteiger partial charge is 0.465 e. The molecular weight excluding hydrogens is 420 g/mol. The highest BCUT2D eigenvalue weighted by Crippen LogP contribution is 2.30. The van der Waals surface area contributed by atoms with Gasteiger partial charge in [-0.3, -0.25) is 9.69 Å². The van der Waals surface area contributed by atoms with Gasteiger partial charge < -0.3 is 19.9 Å². The number of benzene rings is 1. The molecule has 2 N–H and O–H groups in total. The summed E-state index contributed by atoms with van der Waals surface area (Å²) in [5.74, 6) is -0.611. The standard InChI is InChI=1S/C22H32N2O6S/c1-5-28-19(25)17(23)14-31-16-11-18(24(12-16)21(27)30-22(2,3)4)20(26)29-13-15-9-7-6-8-10-15/h6-10,16-18H,5,11-14,23H2,1-4H3/t16-,17-,18-/m0/s1. The molecule has 1 aliphatic rings. The van der Waals surface area contributed by atoms with E-state index in [1.54, 1.807) is 27.7 Å². The molecule has 1 saturated heterocycles. The Labute approximate surface area is 187 Å². The van der Waals surface area contributed by atoms with Gasteiger partial charge in [0.05, 0.1) is 6.61 Å². The molecule has 0 bridgehead atoms. The number of carbonyl (C=O) groups is 3. The van der Waals surface area contributed by atoms with Crippen molar-refractivity contribution in [2.45, 2.75) is 63.7 Å². The maximum absolute atomic E-state index is 12.8. The minimum absolute atomic E-state index is 0.0812. The third kappa shape index (κ3) is 8.06. The summed E-state index contributed by atoms with van der Waals surface area (Å²) in [6, 6.07) is 7.83. The number of esters is 2. The van der Waals surface area contributed by atoms with Crippen LogP contribution in [0, 0.1) is 0 Å². The van der Waals surface area contributed by atoms with Crippen molar-refractivity contribution < 1.29 is 28.6 Å². The predicted octanol–water partition coefficient (Wildman–Crippen LogP) is 2.73. The topological polar surface area (TPSA) is 108 Å². The van der Waals surface area contributed by atoms with Crippen molar-refractivity contribution in [1.29, 1.82) is 0 Å². The highest BCUT2D eigenvalue weighted by molar-refractivity contribution is 8.00. The van der Waals surface area contributed by atoms with Gasteiger partial charge in [0.1, 0.15) is 24.3 Å². The zero-order chi connectivity index (χ0) is 23.0. The number of hydrogen-bond donors (Lipinski definition) is 1. The first kappa shape index (κ1) is 25.0. The molecule has 172 valence electrons. The third-order valence-corrected chi connectivity index (χ3v) is 5.85. The number of amides is 1. The average Bonchev–Trinajstić information content (AvgIpc) is 3.14. The van der Waals surface area contributed by atoms with Crippen LogP contribution in [0.25, 0.3) is 0 Å². The summed E-state index contributed by atoms with van der Waals surface area (Å²) in [5, 5.41) is -0.0812. The fraction of sp³-hybridized carbons (Fsp3) is 0.591. The first-order chi connectivity index (χ1) is 14.6. The number of ether oxygens (including phenoxy) is 3. The van der Waals surface area contributed by atoms with Crippen LogP contribution in [-0.2, 0) is 30.4 Å². The molecule has 0 saturated carbocycles. The highest BCUT2D eigenvalue weighted by Gasteiger charge is 2.42. The van der Waals surface area contributed by atoms with Gasteiger partial charge in [0.25, 0.3) is 0 Å². The van der Waals surface area contributed by atoms with Crippen LogP contribution in [0.5, 0.6) is 0 Å². The summed E-state index contributed by atoms with van der Waals surface area (Å²) in [5.41, 5.74) is 6.05. The number of nitrogens with two attached hydrogens (primary N) is 1. The summed E-state index contributed by atoms with van der Waals surface area (Å²) in [6.45, 7) is 7.74. The molecular formula is C22H32N2O6S. The van der Waals surface area contributed by atoms with E-state index in [1.165, 1.54) is 16.7 Å². The Kier molecular flexibility index (Phi) is 9.18. The molecule has 1 aromatic rings. The van der Waals surface area contributed by atoms with E-state index in [0.29, 0.717) is 18.7 Å². The SMILES string of the molecule is CCOC(=O)[C@@H](N)CS[C@H]1C[C@@H](C(=O)OCc2ccccc2)N(C(=O)OC(C)(C)C)C1. The van der Waals surface area contributed by atoms with Crippen LogP contribution in [-0.4, -0.2) is 64.8 Å². The number of carbonyl (C=O) groups excluding carboxylic acids is 3. The Morgan fingerprint density at radius 1 is 1.19 bits per heavy atom. The molecule has 0 spiro atoms. The molecule has 1 fully saturated rings. The molecule has 9 heteroatoms. The van der Waals surface area contributed by atoms with Crippen LogP contribution in [0.3, 0.4) is 0 Å². The minimum atomic E-state index is -0.760. The van der Waals surface area contributed by atoms with Crippen LogP contribution in [0.1, 0.15) is 39.7 Å². The Morgan fingerprint density at radius 2 is 1.87 bits per heavy atom. The van der Waals surface area contributed by atoms with Gasteiger partial charge in [-0.15, -0.1) is 0 Å². The molecule has 1 aromatic carbocycles. The summed E-state index contributed by atoms with van der Waals surface area (Å²) >= 11 is 1.44. The summed E-state index contributed by atoms with van der Waals surface area (Å²) < 4.78 is 15.9. The van der Waals surface area contributed by atoms with Crippen LogP contribution in [0.15, 0.2) is 30.3 Å². The number of hydrogen-bond acceptors (Lipinski definition) is 8. The summed E-state index contributed by atoms with van der Waals surface area (Å²) in [7, 11) is 0. The van der Waals surface area contributed by atoms with Gasteiger partial charge >= 0.3 is 18.0 Å². The molecule has 0 unspecified atom stereocenters. The minimum Gasteiger partial charge on any atom is -0.465 e. The van der Waals surface area contributed by atoms with Crippen molar-refractivity contribution >= 4 is 29.8 Å². The van der Waals surface area contributed by atoms with E-state index in [9.17, 15) is 14.4 Å². The van der Waals surface area contributed by atoms with Gasteiger partial charge in [0, 0.05) is 17.5 Å². The van der Waals surface area contributed by atoms with Crippen LogP contribution in [0.4, 0.5) is 4.79 Å². The van der Waals surface area contributed by atoms with E-state index < -0.39 is 35.7 Å². The Balaban J connectivity index is 2.02. The number of thioether (sulfide) groups is 1. The third-order valence-electron chi connectivity index (χ3n) is 4.49. The normalized spacial score (nSPS) is 19.6. The number of rotatable bonds is 8. The van der Waals surface area contributed by atoms with E-state index in [1.807, 2.05) is 30.3 Å². The molecule has 1 aliphatic heterocycles. The number of nitrogens with zero attached hydrogens (tertiary/aromatic N) is 1. The van der Waals surface area contributed by atoms with Gasteiger partial charge in [0.15, 0.2) is 0 Å². The predicted molar refractivity (Wildman–Crippen MR) is 118 cm³/mol. The van der Waals surface area contributed by atoms with E-state index >= 15 is 0 Å². The van der Waals surface area contributed by atoms with E-state index in [4.69, 9.17) is 19.9 Å². The second-order valence-electron chi connectivity index (χ2n) is 8.29. The molecule has 0 radical (unpaired) electrons. The lowest BCUT2D eigenvalue weighted by atomic mass is 10.2. The molecule has 2 rings (SSSR count). The van der Waals surface area contributed by atoms with E-state index in [0.717, 1.165) is 5.56 Å². The van der Waals surface area contributed by atoms with Crippen LogP contribution in [0.2, 0.25) is 0 Å². The zero-order valence-electron chi connectivity index (χ0n) is 18.5. The molecule has 3 atom stereocenters. The maximum atomic E-state index is 12.8. The van der Waals surface area contributed by atoms with E-state index in [-0.39, 0.29) is 18.5 Å². The van der Waals surface area contributed by atoms with Gasteiger partial charge in [-0.2, -0.15) is 11.8 Å². The maximum Gasteiger partial charge on any atom is 0.411 e. The second kappa shape index (κ2) is 11.4. The summed E-state index contributed by atoms with van der Waals surface area (Å²) in [4.78, 5) is 38.7.